The van der Waals surface area contributed by atoms with Crippen LogP contribution in [0.1, 0.15) is 34.8 Å². The molecule has 0 aliphatic carbocycles. The molecule has 1 aliphatic heterocycles. The number of hydrogen-bond donors (Lipinski definition) is 1. The summed E-state index contributed by atoms with van der Waals surface area (Å²) >= 11 is 1.13. The van der Waals surface area contributed by atoms with E-state index in [1.54, 1.807) is 7.05 Å². The number of alkyl halides is 3. The zero-order valence-corrected chi connectivity index (χ0v) is 11.5. The highest BCUT2D eigenvalue weighted by atomic mass is 32.1. The molecule has 1 unspecified atom stereocenters. The predicted molar refractivity (Wildman–Crippen MR) is 67.2 cm³/mol. The first-order valence-corrected chi connectivity index (χ1v) is 7.14. The fraction of sp³-hybridized carbons (Fsp3) is 0.750. The molecule has 1 aromatic heterocycles. The molecule has 2 heterocycles. The van der Waals surface area contributed by atoms with Crippen LogP contribution in [0.5, 0.6) is 0 Å². The summed E-state index contributed by atoms with van der Waals surface area (Å²) in [7, 11) is 1.63. The summed E-state index contributed by atoms with van der Waals surface area (Å²) in [6.45, 7) is 0.892. The zero-order valence-electron chi connectivity index (χ0n) is 10.7. The lowest BCUT2D eigenvalue weighted by Crippen LogP contribution is -2.21. The maximum atomic E-state index is 12.8. The number of nitrogens with one attached hydrogen (secondary N) is 1. The van der Waals surface area contributed by atoms with Crippen LogP contribution in [0, 0.1) is 0 Å². The van der Waals surface area contributed by atoms with E-state index in [-0.39, 0.29) is 17.5 Å². The molecule has 0 aromatic carbocycles. The van der Waals surface area contributed by atoms with E-state index in [0.717, 1.165) is 30.6 Å². The number of aromatic nitrogens is 1. The van der Waals surface area contributed by atoms with Gasteiger partial charge in [0.1, 0.15) is 0 Å². The van der Waals surface area contributed by atoms with Gasteiger partial charge in [0.2, 0.25) is 0 Å². The third kappa shape index (κ3) is 3.90. The first-order chi connectivity index (χ1) is 9.00. The van der Waals surface area contributed by atoms with Gasteiger partial charge in [-0.2, -0.15) is 13.2 Å². The lowest BCUT2D eigenvalue weighted by molar-refractivity contribution is -0.141. The molecule has 0 bridgehead atoms. The molecule has 0 saturated carbocycles. The first-order valence-electron chi connectivity index (χ1n) is 6.32. The van der Waals surface area contributed by atoms with Crippen molar-refractivity contribution in [3.8, 4) is 0 Å². The predicted octanol–water partition coefficient (Wildman–Crippen LogP) is 2.99. The van der Waals surface area contributed by atoms with Crippen LogP contribution in [0.15, 0.2) is 0 Å². The van der Waals surface area contributed by atoms with Crippen molar-refractivity contribution in [3.05, 3.63) is 15.6 Å². The Labute approximate surface area is 114 Å². The molecule has 2 rings (SSSR count). The van der Waals surface area contributed by atoms with Gasteiger partial charge in [-0.15, -0.1) is 11.3 Å². The summed E-state index contributed by atoms with van der Waals surface area (Å²) in [5.74, 6) is 0. The van der Waals surface area contributed by atoms with Gasteiger partial charge < -0.3 is 10.1 Å². The van der Waals surface area contributed by atoms with Crippen LogP contribution in [-0.2, 0) is 23.9 Å². The molecule has 1 atom stereocenters. The average Bonchev–Trinajstić information content (AvgIpc) is 2.74. The van der Waals surface area contributed by atoms with E-state index >= 15 is 0 Å². The van der Waals surface area contributed by atoms with Crippen molar-refractivity contribution in [2.75, 3.05) is 13.7 Å². The molecule has 1 aliphatic rings. The monoisotopic (exact) mass is 294 g/mol. The van der Waals surface area contributed by atoms with Crippen LogP contribution in [0.3, 0.4) is 0 Å². The minimum absolute atomic E-state index is 0.0171. The lowest BCUT2D eigenvalue weighted by Gasteiger charge is -2.21. The van der Waals surface area contributed by atoms with Crippen LogP contribution in [0.4, 0.5) is 13.2 Å². The molecule has 7 heteroatoms. The van der Waals surface area contributed by atoms with Gasteiger partial charge in [-0.05, 0) is 26.3 Å². The maximum Gasteiger partial charge on any atom is 0.434 e. The Hall–Kier alpha value is -0.660. The van der Waals surface area contributed by atoms with Crippen molar-refractivity contribution >= 4 is 11.3 Å². The number of thiazole rings is 1. The van der Waals surface area contributed by atoms with Crippen molar-refractivity contribution in [2.45, 2.75) is 44.5 Å². The quantitative estimate of drug-likeness (QED) is 0.927. The Balaban J connectivity index is 2.12. The van der Waals surface area contributed by atoms with Crippen LogP contribution in [0.25, 0.3) is 0 Å². The van der Waals surface area contributed by atoms with Crippen molar-refractivity contribution < 1.29 is 17.9 Å². The summed E-state index contributed by atoms with van der Waals surface area (Å²) in [4.78, 5) is 4.02. The highest BCUT2D eigenvalue weighted by Gasteiger charge is 2.37. The third-order valence-corrected chi connectivity index (χ3v) is 4.10. The molecule has 0 amide bonds. The zero-order chi connectivity index (χ0) is 13.9. The Morgan fingerprint density at radius 1 is 1.42 bits per heavy atom. The SMILES string of the molecule is CNCc1sc(CC2CCCCO2)nc1C(F)(F)F. The van der Waals surface area contributed by atoms with Gasteiger partial charge in [-0.3, -0.25) is 0 Å². The van der Waals surface area contributed by atoms with E-state index in [2.05, 4.69) is 10.3 Å². The van der Waals surface area contributed by atoms with Gasteiger partial charge in [-0.25, -0.2) is 4.98 Å². The van der Waals surface area contributed by atoms with Crippen molar-refractivity contribution in [2.24, 2.45) is 0 Å². The Bertz CT molecular complexity index is 414. The molecule has 108 valence electrons. The molecular formula is C12H17F3N2OS. The molecular weight excluding hydrogens is 277 g/mol. The van der Waals surface area contributed by atoms with Gasteiger partial charge in [0.15, 0.2) is 5.69 Å². The first kappa shape index (κ1) is 14.7. The van der Waals surface area contributed by atoms with E-state index in [9.17, 15) is 13.2 Å². The number of rotatable bonds is 4. The van der Waals surface area contributed by atoms with E-state index in [4.69, 9.17) is 4.74 Å². The molecule has 1 fully saturated rings. The molecule has 1 N–H and O–H groups in total. The Morgan fingerprint density at radius 3 is 2.79 bits per heavy atom. The van der Waals surface area contributed by atoms with E-state index in [1.165, 1.54) is 0 Å². The number of hydrogen-bond acceptors (Lipinski definition) is 4. The minimum atomic E-state index is -4.38. The largest absolute Gasteiger partial charge is 0.434 e. The summed E-state index contributed by atoms with van der Waals surface area (Å²) in [5.41, 5.74) is -0.752. The molecule has 1 aromatic rings. The highest BCUT2D eigenvalue weighted by Crippen LogP contribution is 2.35. The van der Waals surface area contributed by atoms with Crippen LogP contribution in [-0.4, -0.2) is 24.7 Å². The summed E-state index contributed by atoms with van der Waals surface area (Å²) in [6.07, 6.45) is -0.865. The van der Waals surface area contributed by atoms with E-state index < -0.39 is 11.9 Å². The Morgan fingerprint density at radius 2 is 2.21 bits per heavy atom. The van der Waals surface area contributed by atoms with Crippen molar-refractivity contribution in [3.63, 3.8) is 0 Å². The lowest BCUT2D eigenvalue weighted by atomic mass is 10.1. The number of nitrogens with zero attached hydrogens (tertiary/aromatic N) is 1. The summed E-state index contributed by atoms with van der Waals surface area (Å²) in [6, 6.07) is 0. The smallest absolute Gasteiger partial charge is 0.378 e. The van der Waals surface area contributed by atoms with E-state index in [0.29, 0.717) is 18.0 Å². The van der Waals surface area contributed by atoms with E-state index in [1.807, 2.05) is 0 Å². The van der Waals surface area contributed by atoms with Gasteiger partial charge in [-0.1, -0.05) is 0 Å². The summed E-state index contributed by atoms with van der Waals surface area (Å²) in [5, 5.41) is 3.27. The normalized spacial score (nSPS) is 20.7. The second kappa shape index (κ2) is 6.19. The molecule has 0 spiro atoms. The summed E-state index contributed by atoms with van der Waals surface area (Å²) < 4.78 is 44.1. The number of ether oxygens (including phenoxy) is 1. The minimum Gasteiger partial charge on any atom is -0.378 e. The van der Waals surface area contributed by atoms with Crippen molar-refractivity contribution in [1.82, 2.24) is 10.3 Å². The fourth-order valence-electron chi connectivity index (χ4n) is 2.15. The van der Waals surface area contributed by atoms with Crippen LogP contribution in [0.2, 0.25) is 0 Å². The highest BCUT2D eigenvalue weighted by molar-refractivity contribution is 7.11. The van der Waals surface area contributed by atoms with Gasteiger partial charge in [0, 0.05) is 19.6 Å². The van der Waals surface area contributed by atoms with Crippen LogP contribution < -0.4 is 5.32 Å². The molecule has 19 heavy (non-hydrogen) atoms. The van der Waals surface area contributed by atoms with Crippen LogP contribution >= 0.6 is 11.3 Å². The van der Waals surface area contributed by atoms with Gasteiger partial charge in [0.05, 0.1) is 16.0 Å². The van der Waals surface area contributed by atoms with Gasteiger partial charge >= 0.3 is 6.18 Å². The molecule has 0 radical (unpaired) electrons. The second-order valence-electron chi connectivity index (χ2n) is 4.60. The average molecular weight is 294 g/mol. The topological polar surface area (TPSA) is 34.1 Å². The molecule has 3 nitrogen and oxygen atoms in total. The number of halogens is 3. The van der Waals surface area contributed by atoms with Crippen molar-refractivity contribution in [1.29, 1.82) is 0 Å². The Kier molecular flexibility index (Phi) is 4.81. The van der Waals surface area contributed by atoms with Gasteiger partial charge in [0.25, 0.3) is 0 Å². The maximum absolute atomic E-state index is 12.8. The fourth-order valence-corrected chi connectivity index (χ4v) is 3.32. The standard InChI is InChI=1S/C12H17F3N2OS/c1-16-7-9-11(12(13,14)15)17-10(19-9)6-8-4-2-3-5-18-8/h8,16H,2-7H2,1H3. The third-order valence-electron chi connectivity index (χ3n) is 3.02. The second-order valence-corrected chi connectivity index (χ2v) is 5.77. The molecule has 1 saturated heterocycles.